The second kappa shape index (κ2) is 6.43. The molecule has 0 bridgehead atoms. The van der Waals surface area contributed by atoms with Crippen LogP contribution >= 0.6 is 0 Å². The Hall–Kier alpha value is -1.96. The monoisotopic (exact) mass is 298 g/mol. The lowest BCUT2D eigenvalue weighted by Gasteiger charge is -2.25. The first-order chi connectivity index (χ1) is 10.7. The average Bonchev–Trinajstić information content (AvgIpc) is 2.55. The van der Waals surface area contributed by atoms with E-state index in [4.69, 9.17) is 0 Å². The highest BCUT2D eigenvalue weighted by Crippen LogP contribution is 2.32. The van der Waals surface area contributed by atoms with Crippen LogP contribution in [-0.2, 0) is 12.8 Å². The van der Waals surface area contributed by atoms with E-state index in [2.05, 4.69) is 18.7 Å². The fourth-order valence-corrected chi connectivity index (χ4v) is 3.29. The van der Waals surface area contributed by atoms with Crippen molar-refractivity contribution in [2.75, 3.05) is 0 Å². The van der Waals surface area contributed by atoms with E-state index in [9.17, 15) is 8.78 Å². The summed E-state index contributed by atoms with van der Waals surface area (Å²) in [6.45, 7) is 3.79. The van der Waals surface area contributed by atoms with Crippen LogP contribution in [0.2, 0.25) is 0 Å². The van der Waals surface area contributed by atoms with Gasteiger partial charge in [-0.05, 0) is 72.4 Å². The third-order valence-electron chi connectivity index (χ3n) is 4.57. The largest absolute Gasteiger partial charge is 0.204 e. The number of hydrogen-bond acceptors (Lipinski definition) is 0. The Balaban J connectivity index is 1.83. The predicted molar refractivity (Wildman–Crippen MR) is 86.7 cm³/mol. The fourth-order valence-electron chi connectivity index (χ4n) is 3.29. The number of hydrogen-bond donors (Lipinski definition) is 0. The van der Waals surface area contributed by atoms with Crippen molar-refractivity contribution in [3.8, 4) is 11.1 Å². The zero-order valence-corrected chi connectivity index (χ0v) is 12.6. The molecule has 0 amide bonds. The lowest BCUT2D eigenvalue weighted by molar-refractivity contribution is 0.431. The van der Waals surface area contributed by atoms with Crippen LogP contribution in [0.4, 0.5) is 8.78 Å². The minimum Gasteiger partial charge on any atom is -0.204 e. The third kappa shape index (κ3) is 3.11. The molecule has 0 saturated carbocycles. The zero-order valence-electron chi connectivity index (χ0n) is 12.6. The molecule has 0 aliphatic heterocycles. The van der Waals surface area contributed by atoms with Gasteiger partial charge < -0.3 is 0 Å². The van der Waals surface area contributed by atoms with Crippen LogP contribution in [0.5, 0.6) is 0 Å². The maximum atomic E-state index is 13.4. The van der Waals surface area contributed by atoms with E-state index in [-0.39, 0.29) is 0 Å². The Morgan fingerprint density at radius 3 is 2.55 bits per heavy atom. The van der Waals surface area contributed by atoms with Crippen LogP contribution in [0.1, 0.15) is 30.4 Å². The molecule has 1 unspecified atom stereocenters. The van der Waals surface area contributed by atoms with Gasteiger partial charge in [0, 0.05) is 0 Å². The minimum atomic E-state index is -0.799. The van der Waals surface area contributed by atoms with Crippen LogP contribution in [-0.4, -0.2) is 0 Å². The van der Waals surface area contributed by atoms with Crippen LogP contribution in [0.25, 0.3) is 11.1 Å². The number of halogens is 2. The van der Waals surface area contributed by atoms with Gasteiger partial charge in [0.1, 0.15) is 0 Å². The molecular weight excluding hydrogens is 278 g/mol. The highest BCUT2D eigenvalue weighted by molar-refractivity contribution is 5.65. The molecule has 0 aromatic heterocycles. The van der Waals surface area contributed by atoms with E-state index in [0.29, 0.717) is 0 Å². The number of allylic oxidation sites excluding steroid dienone is 1. The summed E-state index contributed by atoms with van der Waals surface area (Å²) in [6.07, 6.45) is 7.64. The summed E-state index contributed by atoms with van der Waals surface area (Å²) < 4.78 is 26.4. The summed E-state index contributed by atoms with van der Waals surface area (Å²) in [5.74, 6) is -0.855. The lowest BCUT2D eigenvalue weighted by Crippen LogP contribution is -2.14. The zero-order chi connectivity index (χ0) is 15.5. The van der Waals surface area contributed by atoms with Crippen molar-refractivity contribution in [1.82, 2.24) is 0 Å². The SMILES string of the molecule is C=CCCC1CCc2cc(-c3ccc(F)c(F)c3)ccc2C1. The van der Waals surface area contributed by atoms with Gasteiger partial charge in [0.05, 0.1) is 0 Å². The van der Waals surface area contributed by atoms with E-state index < -0.39 is 11.6 Å². The predicted octanol–water partition coefficient (Wildman–Crippen LogP) is 5.70. The number of rotatable bonds is 4. The van der Waals surface area contributed by atoms with Crippen LogP contribution in [0, 0.1) is 17.6 Å². The number of fused-ring (bicyclic) bond motifs is 1. The van der Waals surface area contributed by atoms with Crippen molar-refractivity contribution >= 4 is 0 Å². The molecule has 0 spiro atoms. The molecule has 2 heteroatoms. The van der Waals surface area contributed by atoms with Gasteiger partial charge in [-0.3, -0.25) is 0 Å². The molecule has 1 atom stereocenters. The van der Waals surface area contributed by atoms with E-state index in [0.717, 1.165) is 36.3 Å². The van der Waals surface area contributed by atoms with Gasteiger partial charge in [0.2, 0.25) is 0 Å². The normalized spacial score (nSPS) is 17.1. The molecule has 3 rings (SSSR count). The fraction of sp³-hybridized carbons (Fsp3) is 0.300. The van der Waals surface area contributed by atoms with Crippen molar-refractivity contribution < 1.29 is 8.78 Å². The van der Waals surface area contributed by atoms with Crippen molar-refractivity contribution in [2.45, 2.75) is 32.1 Å². The highest BCUT2D eigenvalue weighted by atomic mass is 19.2. The summed E-state index contributed by atoms with van der Waals surface area (Å²) in [6, 6.07) is 10.4. The van der Waals surface area contributed by atoms with Crippen LogP contribution in [0.3, 0.4) is 0 Å². The summed E-state index contributed by atoms with van der Waals surface area (Å²) in [5.41, 5.74) is 4.43. The lowest BCUT2D eigenvalue weighted by atomic mass is 9.80. The third-order valence-corrected chi connectivity index (χ3v) is 4.57. The molecule has 1 aliphatic carbocycles. The average molecular weight is 298 g/mol. The van der Waals surface area contributed by atoms with Crippen molar-refractivity contribution in [3.05, 3.63) is 71.8 Å². The first-order valence-corrected chi connectivity index (χ1v) is 7.85. The van der Waals surface area contributed by atoms with E-state index in [1.54, 1.807) is 6.07 Å². The topological polar surface area (TPSA) is 0 Å². The molecular formula is C20H20F2. The maximum absolute atomic E-state index is 13.4. The van der Waals surface area contributed by atoms with Crippen LogP contribution in [0.15, 0.2) is 49.1 Å². The standard InChI is InChI=1S/C20H20F2/c1-2-3-4-14-5-6-16-12-17(8-7-15(16)11-14)18-9-10-19(21)20(22)13-18/h2,7-10,12-14H,1,3-6,11H2. The van der Waals surface area contributed by atoms with Crippen molar-refractivity contribution in [3.63, 3.8) is 0 Å². The summed E-state index contributed by atoms with van der Waals surface area (Å²) in [4.78, 5) is 0. The van der Waals surface area contributed by atoms with Crippen molar-refractivity contribution in [2.24, 2.45) is 5.92 Å². The second-order valence-corrected chi connectivity index (χ2v) is 6.09. The number of aryl methyl sites for hydroxylation is 1. The molecule has 0 radical (unpaired) electrons. The smallest absolute Gasteiger partial charge is 0.159 e. The van der Waals surface area contributed by atoms with Crippen molar-refractivity contribution in [1.29, 1.82) is 0 Å². The number of benzene rings is 2. The van der Waals surface area contributed by atoms with Gasteiger partial charge in [-0.2, -0.15) is 0 Å². The second-order valence-electron chi connectivity index (χ2n) is 6.09. The molecule has 1 aliphatic rings. The van der Waals surface area contributed by atoms with Gasteiger partial charge in [-0.15, -0.1) is 6.58 Å². The van der Waals surface area contributed by atoms with Gasteiger partial charge >= 0.3 is 0 Å². The van der Waals surface area contributed by atoms with Gasteiger partial charge in [0.25, 0.3) is 0 Å². The molecule has 22 heavy (non-hydrogen) atoms. The van der Waals surface area contributed by atoms with Gasteiger partial charge in [-0.1, -0.05) is 30.3 Å². The summed E-state index contributed by atoms with van der Waals surface area (Å²) in [7, 11) is 0. The summed E-state index contributed by atoms with van der Waals surface area (Å²) in [5, 5.41) is 0. The summed E-state index contributed by atoms with van der Waals surface area (Å²) >= 11 is 0. The quantitative estimate of drug-likeness (QED) is 0.635. The maximum Gasteiger partial charge on any atom is 0.159 e. The molecule has 0 N–H and O–H groups in total. The molecule has 0 fully saturated rings. The Morgan fingerprint density at radius 2 is 1.77 bits per heavy atom. The molecule has 2 aromatic rings. The Bertz CT molecular complexity index is 688. The Kier molecular flexibility index (Phi) is 4.37. The highest BCUT2D eigenvalue weighted by Gasteiger charge is 2.18. The molecule has 0 nitrogen and oxygen atoms in total. The molecule has 114 valence electrons. The molecule has 0 saturated heterocycles. The molecule has 0 heterocycles. The minimum absolute atomic E-state index is 0.732. The van der Waals surface area contributed by atoms with E-state index in [1.807, 2.05) is 12.1 Å². The van der Waals surface area contributed by atoms with E-state index >= 15 is 0 Å². The first kappa shape index (κ1) is 15.0. The van der Waals surface area contributed by atoms with Crippen LogP contribution < -0.4 is 0 Å². The molecule has 2 aromatic carbocycles. The van der Waals surface area contributed by atoms with E-state index in [1.165, 1.54) is 36.1 Å². The van der Waals surface area contributed by atoms with Gasteiger partial charge in [0.15, 0.2) is 11.6 Å². The Morgan fingerprint density at radius 1 is 1.00 bits per heavy atom. The Labute approximate surface area is 130 Å². The van der Waals surface area contributed by atoms with Gasteiger partial charge in [-0.25, -0.2) is 8.78 Å². The first-order valence-electron chi connectivity index (χ1n) is 7.85.